The number of nitrogens with two attached hydrogens (primary N) is 1. The number of ether oxygens (including phenoxy) is 1. The maximum Gasteiger partial charge on any atom is 0.228 e. The minimum atomic E-state index is -0.137. The van der Waals surface area contributed by atoms with E-state index in [4.69, 9.17) is 10.5 Å². The van der Waals surface area contributed by atoms with Crippen LogP contribution in [0.15, 0.2) is 0 Å². The summed E-state index contributed by atoms with van der Waals surface area (Å²) >= 11 is 0. The van der Waals surface area contributed by atoms with E-state index >= 15 is 0 Å². The smallest absolute Gasteiger partial charge is 0.228 e. The van der Waals surface area contributed by atoms with Crippen molar-refractivity contribution in [3.63, 3.8) is 0 Å². The van der Waals surface area contributed by atoms with Gasteiger partial charge in [0.1, 0.15) is 0 Å². The van der Waals surface area contributed by atoms with Crippen LogP contribution >= 0.6 is 0 Å². The van der Waals surface area contributed by atoms with E-state index in [0.717, 1.165) is 25.8 Å². The zero-order chi connectivity index (χ0) is 12.7. The van der Waals surface area contributed by atoms with Crippen LogP contribution in [0.5, 0.6) is 0 Å². The summed E-state index contributed by atoms with van der Waals surface area (Å²) in [6.07, 6.45) is 5.27. The number of carbonyl (C=O) groups is 1. The van der Waals surface area contributed by atoms with Gasteiger partial charge in [-0.1, -0.05) is 19.8 Å². The summed E-state index contributed by atoms with van der Waals surface area (Å²) in [6, 6.07) is 0. The molecular weight excluding hydrogens is 216 g/mol. The molecule has 4 nitrogen and oxygen atoms in total. The molecule has 0 unspecified atom stereocenters. The van der Waals surface area contributed by atoms with Crippen LogP contribution in [0, 0.1) is 5.41 Å². The lowest BCUT2D eigenvalue weighted by molar-refractivity contribution is -0.141. The van der Waals surface area contributed by atoms with Gasteiger partial charge in [-0.25, -0.2) is 0 Å². The summed E-state index contributed by atoms with van der Waals surface area (Å²) in [7, 11) is 1.67. The first-order valence-corrected chi connectivity index (χ1v) is 6.62. The Bertz CT molecular complexity index is 230. The van der Waals surface area contributed by atoms with Gasteiger partial charge in [0.2, 0.25) is 5.91 Å². The number of rotatable bonds is 7. The molecule has 1 saturated carbocycles. The van der Waals surface area contributed by atoms with Gasteiger partial charge in [0, 0.05) is 25.6 Å². The Hall–Kier alpha value is -0.610. The van der Waals surface area contributed by atoms with Crippen molar-refractivity contribution in [2.75, 3.05) is 33.4 Å². The molecule has 0 aliphatic heterocycles. The Morgan fingerprint density at radius 2 is 2.00 bits per heavy atom. The predicted molar refractivity (Wildman–Crippen MR) is 68.7 cm³/mol. The fraction of sp³-hybridized carbons (Fsp3) is 0.923. The third-order valence-electron chi connectivity index (χ3n) is 3.71. The molecule has 0 aromatic heterocycles. The molecule has 17 heavy (non-hydrogen) atoms. The van der Waals surface area contributed by atoms with Gasteiger partial charge >= 0.3 is 0 Å². The van der Waals surface area contributed by atoms with Gasteiger partial charge in [0.05, 0.1) is 6.61 Å². The SMILES string of the molecule is COCCN(CCCN)C(=O)C1(C)CCCC1. The Balaban J connectivity index is 2.57. The molecule has 4 heteroatoms. The van der Waals surface area contributed by atoms with Crippen molar-refractivity contribution in [2.24, 2.45) is 11.1 Å². The van der Waals surface area contributed by atoms with Crippen molar-refractivity contribution in [3.8, 4) is 0 Å². The molecule has 2 N–H and O–H groups in total. The van der Waals surface area contributed by atoms with Gasteiger partial charge in [-0.3, -0.25) is 4.79 Å². The molecule has 1 aliphatic rings. The van der Waals surface area contributed by atoms with Gasteiger partial charge in [-0.15, -0.1) is 0 Å². The van der Waals surface area contributed by atoms with E-state index in [1.807, 2.05) is 4.90 Å². The third-order valence-corrected chi connectivity index (χ3v) is 3.71. The van der Waals surface area contributed by atoms with E-state index < -0.39 is 0 Å². The highest BCUT2D eigenvalue weighted by Gasteiger charge is 2.38. The zero-order valence-corrected chi connectivity index (χ0v) is 11.2. The summed E-state index contributed by atoms with van der Waals surface area (Å²) in [4.78, 5) is 14.4. The predicted octanol–water partition coefficient (Wildman–Crippen LogP) is 1.39. The molecule has 0 spiro atoms. The molecular formula is C13H26N2O2. The van der Waals surface area contributed by atoms with Crippen molar-refractivity contribution < 1.29 is 9.53 Å². The average molecular weight is 242 g/mol. The summed E-state index contributed by atoms with van der Waals surface area (Å²) in [5.74, 6) is 0.292. The van der Waals surface area contributed by atoms with Gasteiger partial charge in [0.15, 0.2) is 0 Å². The number of methoxy groups -OCH3 is 1. The summed E-state index contributed by atoms with van der Waals surface area (Å²) < 4.78 is 5.07. The second kappa shape index (κ2) is 6.97. The summed E-state index contributed by atoms with van der Waals surface area (Å²) in [5.41, 5.74) is 5.39. The maximum absolute atomic E-state index is 12.5. The number of amides is 1. The Morgan fingerprint density at radius 1 is 1.35 bits per heavy atom. The van der Waals surface area contributed by atoms with Crippen LogP contribution in [0.1, 0.15) is 39.0 Å². The molecule has 0 saturated heterocycles. The number of hydrogen-bond acceptors (Lipinski definition) is 3. The monoisotopic (exact) mass is 242 g/mol. The first-order valence-electron chi connectivity index (χ1n) is 6.62. The van der Waals surface area contributed by atoms with Crippen molar-refractivity contribution in [1.82, 2.24) is 4.90 Å². The molecule has 0 aromatic carbocycles. The fourth-order valence-corrected chi connectivity index (χ4v) is 2.55. The molecule has 0 heterocycles. The van der Waals surface area contributed by atoms with Crippen molar-refractivity contribution >= 4 is 5.91 Å². The number of carbonyl (C=O) groups excluding carboxylic acids is 1. The lowest BCUT2D eigenvalue weighted by Gasteiger charge is -2.31. The van der Waals surface area contributed by atoms with E-state index in [9.17, 15) is 4.79 Å². The van der Waals surface area contributed by atoms with E-state index in [1.165, 1.54) is 12.8 Å². The van der Waals surface area contributed by atoms with E-state index in [2.05, 4.69) is 6.92 Å². The molecule has 1 amide bonds. The molecule has 0 bridgehead atoms. The normalized spacial score (nSPS) is 18.3. The van der Waals surface area contributed by atoms with Gasteiger partial charge in [0.25, 0.3) is 0 Å². The molecule has 1 rings (SSSR count). The van der Waals surface area contributed by atoms with E-state index in [0.29, 0.717) is 25.6 Å². The topological polar surface area (TPSA) is 55.6 Å². The van der Waals surface area contributed by atoms with Crippen LogP contribution < -0.4 is 5.73 Å². The highest BCUT2D eigenvalue weighted by molar-refractivity contribution is 5.82. The number of hydrogen-bond donors (Lipinski definition) is 1. The summed E-state index contributed by atoms with van der Waals surface area (Å²) in [6.45, 7) is 4.78. The van der Waals surface area contributed by atoms with Gasteiger partial charge in [-0.05, 0) is 25.8 Å². The molecule has 0 atom stereocenters. The highest BCUT2D eigenvalue weighted by atomic mass is 16.5. The second-order valence-corrected chi connectivity index (χ2v) is 5.19. The van der Waals surface area contributed by atoms with Crippen molar-refractivity contribution in [1.29, 1.82) is 0 Å². The quantitative estimate of drug-likeness (QED) is 0.734. The van der Waals surface area contributed by atoms with E-state index in [1.54, 1.807) is 7.11 Å². The summed E-state index contributed by atoms with van der Waals surface area (Å²) in [5, 5.41) is 0. The molecule has 1 fully saturated rings. The fourth-order valence-electron chi connectivity index (χ4n) is 2.55. The molecule has 100 valence electrons. The first-order chi connectivity index (χ1) is 8.14. The van der Waals surface area contributed by atoms with Crippen LogP contribution in [0.4, 0.5) is 0 Å². The number of nitrogens with zero attached hydrogens (tertiary/aromatic N) is 1. The maximum atomic E-state index is 12.5. The minimum absolute atomic E-state index is 0.137. The van der Waals surface area contributed by atoms with Crippen LogP contribution in [0.3, 0.4) is 0 Å². The molecule has 1 aliphatic carbocycles. The Labute approximate surface area is 104 Å². The average Bonchev–Trinajstić information content (AvgIpc) is 2.77. The minimum Gasteiger partial charge on any atom is -0.383 e. The first kappa shape index (κ1) is 14.5. The van der Waals surface area contributed by atoms with Crippen LogP contribution in [-0.4, -0.2) is 44.2 Å². The Kier molecular flexibility index (Phi) is 5.92. The third kappa shape index (κ3) is 3.96. The Morgan fingerprint density at radius 3 is 2.53 bits per heavy atom. The van der Waals surface area contributed by atoms with Crippen LogP contribution in [0.25, 0.3) is 0 Å². The van der Waals surface area contributed by atoms with Gasteiger partial charge < -0.3 is 15.4 Å². The van der Waals surface area contributed by atoms with Crippen LogP contribution in [-0.2, 0) is 9.53 Å². The van der Waals surface area contributed by atoms with Crippen molar-refractivity contribution in [2.45, 2.75) is 39.0 Å². The standard InChI is InChI=1S/C13H26N2O2/c1-13(6-3-4-7-13)12(16)15(9-5-8-14)10-11-17-2/h3-11,14H2,1-2H3. The van der Waals surface area contributed by atoms with Crippen LogP contribution in [0.2, 0.25) is 0 Å². The lowest BCUT2D eigenvalue weighted by Crippen LogP contribution is -2.43. The highest BCUT2D eigenvalue weighted by Crippen LogP contribution is 2.39. The molecule has 0 radical (unpaired) electrons. The van der Waals surface area contributed by atoms with Crippen molar-refractivity contribution in [3.05, 3.63) is 0 Å². The second-order valence-electron chi connectivity index (χ2n) is 5.19. The van der Waals surface area contributed by atoms with Gasteiger partial charge in [-0.2, -0.15) is 0 Å². The molecule has 0 aromatic rings. The largest absolute Gasteiger partial charge is 0.383 e. The zero-order valence-electron chi connectivity index (χ0n) is 11.2. The lowest BCUT2D eigenvalue weighted by atomic mass is 9.87. The van der Waals surface area contributed by atoms with E-state index in [-0.39, 0.29) is 5.41 Å².